The smallest absolute Gasteiger partial charge is 0.0408 e. The van der Waals surface area contributed by atoms with Gasteiger partial charge in [0.15, 0.2) is 0 Å². The number of hydrogen-bond donors (Lipinski definition) is 0. The van der Waals surface area contributed by atoms with Gasteiger partial charge in [-0.05, 0) is 30.5 Å². The molecule has 0 N–H and O–H groups in total. The molecule has 0 unspecified atom stereocenters. The summed E-state index contributed by atoms with van der Waals surface area (Å²) in [4.78, 5) is 0. The van der Waals surface area contributed by atoms with Gasteiger partial charge in [0.1, 0.15) is 0 Å². The number of aryl methyl sites for hydroxylation is 1. The molecule has 1 rings (SSSR count). The molecule has 1 aromatic rings. The van der Waals surface area contributed by atoms with E-state index in [2.05, 4.69) is 19.1 Å². The normalized spacial score (nSPS) is 10.6. The first-order chi connectivity index (χ1) is 7.83. The van der Waals surface area contributed by atoms with Crippen LogP contribution in [0.1, 0.15) is 57.4 Å². The topological polar surface area (TPSA) is 0 Å². The third-order valence-corrected chi connectivity index (χ3v) is 3.19. The van der Waals surface area contributed by atoms with Gasteiger partial charge < -0.3 is 0 Å². The molecule has 0 aliphatic heterocycles. The summed E-state index contributed by atoms with van der Waals surface area (Å²) in [6.45, 7) is 2.26. The van der Waals surface area contributed by atoms with Crippen molar-refractivity contribution in [3.8, 4) is 0 Å². The van der Waals surface area contributed by atoms with Gasteiger partial charge >= 0.3 is 0 Å². The van der Waals surface area contributed by atoms with Crippen LogP contribution in [0.3, 0.4) is 0 Å². The molecule has 0 bridgehead atoms. The first-order valence-electron chi connectivity index (χ1n) is 6.57. The van der Waals surface area contributed by atoms with E-state index < -0.39 is 0 Å². The summed E-state index contributed by atoms with van der Waals surface area (Å²) in [5.41, 5.74) is 1.38. The van der Waals surface area contributed by atoms with E-state index in [4.69, 9.17) is 11.6 Å². The van der Waals surface area contributed by atoms with Crippen LogP contribution in [-0.2, 0) is 6.42 Å². The summed E-state index contributed by atoms with van der Waals surface area (Å²) in [5, 5.41) is 0.862. The summed E-state index contributed by atoms with van der Waals surface area (Å²) >= 11 is 5.94. The van der Waals surface area contributed by atoms with Crippen molar-refractivity contribution in [1.82, 2.24) is 0 Å². The van der Waals surface area contributed by atoms with Gasteiger partial charge in [-0.1, -0.05) is 69.2 Å². The average molecular weight is 239 g/mol. The molecule has 0 fully saturated rings. The van der Waals surface area contributed by atoms with E-state index in [0.29, 0.717) is 0 Å². The minimum absolute atomic E-state index is 0.862. The fourth-order valence-corrected chi connectivity index (χ4v) is 2.19. The van der Waals surface area contributed by atoms with Crippen LogP contribution in [0.4, 0.5) is 0 Å². The summed E-state index contributed by atoms with van der Waals surface area (Å²) < 4.78 is 0. The van der Waals surface area contributed by atoms with Crippen molar-refractivity contribution in [2.24, 2.45) is 0 Å². The second-order valence-corrected chi connectivity index (χ2v) is 4.94. The van der Waals surface area contributed by atoms with Crippen LogP contribution in [0, 0.1) is 0 Å². The Morgan fingerprint density at radius 1 is 0.938 bits per heavy atom. The minimum atomic E-state index is 0.862. The zero-order valence-corrected chi connectivity index (χ0v) is 11.1. The quantitative estimate of drug-likeness (QED) is 0.515. The van der Waals surface area contributed by atoms with Crippen LogP contribution in [0.15, 0.2) is 24.3 Å². The molecule has 90 valence electrons. The van der Waals surface area contributed by atoms with E-state index in [1.54, 1.807) is 0 Å². The predicted octanol–water partition coefficient (Wildman–Crippen LogP) is 5.63. The lowest BCUT2D eigenvalue weighted by atomic mass is 10.0. The molecule has 0 aliphatic carbocycles. The number of unbranched alkanes of at least 4 members (excludes halogenated alkanes) is 6. The zero-order valence-electron chi connectivity index (χ0n) is 10.3. The van der Waals surface area contributed by atoms with Crippen molar-refractivity contribution in [2.75, 3.05) is 0 Å². The SMILES string of the molecule is CCCCCCCCCc1cccc(Cl)c1. The van der Waals surface area contributed by atoms with Crippen LogP contribution in [0.25, 0.3) is 0 Å². The third kappa shape index (κ3) is 6.17. The molecule has 0 aromatic heterocycles. The fraction of sp³-hybridized carbons (Fsp3) is 0.600. The van der Waals surface area contributed by atoms with Crippen LogP contribution >= 0.6 is 11.6 Å². The number of benzene rings is 1. The largest absolute Gasteiger partial charge is 0.0843 e. The maximum Gasteiger partial charge on any atom is 0.0408 e. The lowest BCUT2D eigenvalue weighted by Gasteiger charge is -2.02. The molecular formula is C15H23Cl. The van der Waals surface area contributed by atoms with Crippen LogP contribution in [0.2, 0.25) is 5.02 Å². The van der Waals surface area contributed by atoms with Gasteiger partial charge in [-0.3, -0.25) is 0 Å². The van der Waals surface area contributed by atoms with Gasteiger partial charge in [-0.25, -0.2) is 0 Å². The standard InChI is InChI=1S/C15H23Cl/c1-2-3-4-5-6-7-8-10-14-11-9-12-15(16)13-14/h9,11-13H,2-8,10H2,1H3. The Morgan fingerprint density at radius 3 is 2.31 bits per heavy atom. The van der Waals surface area contributed by atoms with Crippen molar-refractivity contribution < 1.29 is 0 Å². The molecule has 0 nitrogen and oxygen atoms in total. The lowest BCUT2D eigenvalue weighted by molar-refractivity contribution is 0.589. The first-order valence-corrected chi connectivity index (χ1v) is 6.95. The van der Waals surface area contributed by atoms with E-state index in [1.807, 2.05) is 12.1 Å². The van der Waals surface area contributed by atoms with Crippen LogP contribution < -0.4 is 0 Å². The Balaban J connectivity index is 2.03. The Labute approximate surface area is 105 Å². The molecule has 0 aliphatic rings. The Hall–Kier alpha value is -0.490. The molecule has 0 heterocycles. The molecule has 1 aromatic carbocycles. The van der Waals surface area contributed by atoms with E-state index in [0.717, 1.165) is 5.02 Å². The van der Waals surface area contributed by atoms with Crippen molar-refractivity contribution in [3.63, 3.8) is 0 Å². The van der Waals surface area contributed by atoms with E-state index in [9.17, 15) is 0 Å². The van der Waals surface area contributed by atoms with Gasteiger partial charge in [-0.2, -0.15) is 0 Å². The van der Waals surface area contributed by atoms with Crippen LogP contribution in [-0.4, -0.2) is 0 Å². The van der Waals surface area contributed by atoms with Gasteiger partial charge in [0.05, 0.1) is 0 Å². The average Bonchev–Trinajstić information content (AvgIpc) is 2.28. The second kappa shape index (κ2) is 8.64. The van der Waals surface area contributed by atoms with Crippen molar-refractivity contribution in [2.45, 2.75) is 58.3 Å². The Bertz CT molecular complexity index is 281. The molecule has 0 saturated heterocycles. The maximum atomic E-state index is 5.94. The first kappa shape index (κ1) is 13.6. The molecule has 0 saturated carbocycles. The van der Waals surface area contributed by atoms with Gasteiger partial charge in [-0.15, -0.1) is 0 Å². The summed E-state index contributed by atoms with van der Waals surface area (Å²) in [6, 6.07) is 8.23. The highest BCUT2D eigenvalue weighted by atomic mass is 35.5. The third-order valence-electron chi connectivity index (χ3n) is 2.96. The van der Waals surface area contributed by atoms with Crippen molar-refractivity contribution >= 4 is 11.6 Å². The van der Waals surface area contributed by atoms with Crippen molar-refractivity contribution in [3.05, 3.63) is 34.9 Å². The molecule has 1 heteroatoms. The summed E-state index contributed by atoms with van der Waals surface area (Å²) in [5.74, 6) is 0. The van der Waals surface area contributed by atoms with E-state index in [1.165, 1.54) is 56.9 Å². The van der Waals surface area contributed by atoms with Crippen molar-refractivity contribution in [1.29, 1.82) is 0 Å². The lowest BCUT2D eigenvalue weighted by Crippen LogP contribution is -1.86. The molecule has 0 amide bonds. The molecular weight excluding hydrogens is 216 g/mol. The zero-order chi connectivity index (χ0) is 11.6. The maximum absolute atomic E-state index is 5.94. The molecule has 0 radical (unpaired) electrons. The minimum Gasteiger partial charge on any atom is -0.0843 e. The van der Waals surface area contributed by atoms with E-state index >= 15 is 0 Å². The van der Waals surface area contributed by atoms with E-state index in [-0.39, 0.29) is 0 Å². The number of rotatable bonds is 8. The fourth-order valence-electron chi connectivity index (χ4n) is 1.98. The second-order valence-electron chi connectivity index (χ2n) is 4.50. The highest BCUT2D eigenvalue weighted by Crippen LogP contribution is 2.14. The van der Waals surface area contributed by atoms with Crippen LogP contribution in [0.5, 0.6) is 0 Å². The summed E-state index contributed by atoms with van der Waals surface area (Å²) in [6.07, 6.45) is 10.8. The molecule has 16 heavy (non-hydrogen) atoms. The Morgan fingerprint density at radius 2 is 1.62 bits per heavy atom. The van der Waals surface area contributed by atoms with Gasteiger partial charge in [0.25, 0.3) is 0 Å². The highest BCUT2D eigenvalue weighted by molar-refractivity contribution is 6.30. The molecule has 0 atom stereocenters. The monoisotopic (exact) mass is 238 g/mol. The Kier molecular flexibility index (Phi) is 7.33. The van der Waals surface area contributed by atoms with Gasteiger partial charge in [0.2, 0.25) is 0 Å². The number of halogens is 1. The van der Waals surface area contributed by atoms with Gasteiger partial charge in [0, 0.05) is 5.02 Å². The number of hydrogen-bond acceptors (Lipinski definition) is 0. The predicted molar refractivity (Wildman–Crippen MR) is 73.1 cm³/mol. The summed E-state index contributed by atoms with van der Waals surface area (Å²) in [7, 11) is 0. The highest BCUT2D eigenvalue weighted by Gasteiger charge is 1.95. The molecule has 0 spiro atoms.